The number of hydrogen-bond donors (Lipinski definition) is 0. The predicted molar refractivity (Wildman–Crippen MR) is 110 cm³/mol. The quantitative estimate of drug-likeness (QED) is 0.412. The zero-order valence-corrected chi connectivity index (χ0v) is 15.8. The first kappa shape index (κ1) is 16.9. The van der Waals surface area contributed by atoms with E-state index in [2.05, 4.69) is 16.0 Å². The lowest BCUT2D eigenvalue weighted by Gasteiger charge is -2.23. The van der Waals surface area contributed by atoms with Gasteiger partial charge in [0.2, 0.25) is 5.89 Å². The van der Waals surface area contributed by atoms with Gasteiger partial charge in [0.15, 0.2) is 5.75 Å². The molecular weight excluding hydrogens is 372 g/mol. The predicted octanol–water partition coefficient (Wildman–Crippen LogP) is 6.31. The molecule has 0 aliphatic carbocycles. The third-order valence-corrected chi connectivity index (χ3v) is 4.98. The van der Waals surface area contributed by atoms with Crippen molar-refractivity contribution in [2.75, 3.05) is 4.90 Å². The van der Waals surface area contributed by atoms with Gasteiger partial charge in [-0.05, 0) is 36.4 Å². The van der Waals surface area contributed by atoms with Crippen molar-refractivity contribution in [2.45, 2.75) is 13.1 Å². The molecule has 4 aromatic rings. The summed E-state index contributed by atoms with van der Waals surface area (Å²) in [5.41, 5.74) is 3.86. The molecule has 1 aromatic heterocycles. The van der Waals surface area contributed by atoms with E-state index < -0.39 is 0 Å². The molecule has 0 spiro atoms. The molecule has 0 atom stereocenters. The Bertz CT molecular complexity index is 1120. The average molecular weight is 389 g/mol. The summed E-state index contributed by atoms with van der Waals surface area (Å²) in [7, 11) is 0. The van der Waals surface area contributed by atoms with E-state index in [4.69, 9.17) is 20.8 Å². The monoisotopic (exact) mass is 388 g/mol. The summed E-state index contributed by atoms with van der Waals surface area (Å²) in [6.45, 7) is 1.28. The summed E-state index contributed by atoms with van der Waals surface area (Å²) in [4.78, 5) is 6.88. The number of fused-ring (bicyclic) bond motifs is 2. The van der Waals surface area contributed by atoms with Gasteiger partial charge in [-0.15, -0.1) is 0 Å². The Kier molecular flexibility index (Phi) is 4.26. The van der Waals surface area contributed by atoms with Crippen LogP contribution >= 0.6 is 11.6 Å². The zero-order chi connectivity index (χ0) is 18.9. The minimum Gasteiger partial charge on any atom is -0.455 e. The number of anilines is 1. The lowest BCUT2D eigenvalue weighted by Crippen LogP contribution is -2.21. The van der Waals surface area contributed by atoms with E-state index in [-0.39, 0.29) is 0 Å². The number of ether oxygens (including phenoxy) is 1. The molecule has 0 saturated heterocycles. The van der Waals surface area contributed by atoms with Crippen LogP contribution in [0.5, 0.6) is 11.5 Å². The second-order valence-corrected chi connectivity index (χ2v) is 7.12. The number of para-hydroxylation sites is 1. The third-order valence-electron chi connectivity index (χ3n) is 4.74. The van der Waals surface area contributed by atoms with Crippen LogP contribution in [0, 0.1) is 0 Å². The molecule has 2 heterocycles. The minimum absolute atomic E-state index is 0.585. The SMILES string of the molecule is Clc1ccc2c(c1)N(Cc1coc(-c3ccccc3)n1)Cc1ccccc1O2. The van der Waals surface area contributed by atoms with E-state index in [0.717, 1.165) is 34.0 Å². The topological polar surface area (TPSA) is 38.5 Å². The Morgan fingerprint density at radius 2 is 1.75 bits per heavy atom. The number of aromatic nitrogens is 1. The molecular formula is C23H17ClN2O2. The van der Waals surface area contributed by atoms with Crippen molar-refractivity contribution in [3.63, 3.8) is 0 Å². The Morgan fingerprint density at radius 1 is 0.929 bits per heavy atom. The van der Waals surface area contributed by atoms with Crippen LogP contribution in [-0.4, -0.2) is 4.98 Å². The second kappa shape index (κ2) is 7.06. The van der Waals surface area contributed by atoms with Crippen LogP contribution < -0.4 is 9.64 Å². The first-order valence-corrected chi connectivity index (χ1v) is 9.44. The van der Waals surface area contributed by atoms with E-state index in [1.165, 1.54) is 0 Å². The van der Waals surface area contributed by atoms with Gasteiger partial charge in [-0.2, -0.15) is 0 Å². The second-order valence-electron chi connectivity index (χ2n) is 6.69. The number of benzene rings is 3. The lowest BCUT2D eigenvalue weighted by molar-refractivity contribution is 0.483. The Labute approximate surface area is 168 Å². The highest BCUT2D eigenvalue weighted by Crippen LogP contribution is 2.40. The van der Waals surface area contributed by atoms with E-state index >= 15 is 0 Å². The van der Waals surface area contributed by atoms with Crippen molar-refractivity contribution < 1.29 is 9.15 Å². The number of halogens is 1. The maximum Gasteiger partial charge on any atom is 0.226 e. The molecule has 0 saturated carbocycles. The standard InChI is InChI=1S/C23H17ClN2O2/c24-18-10-11-22-20(12-18)26(13-17-8-4-5-9-21(17)28-22)14-19-15-27-23(25-19)16-6-2-1-3-7-16/h1-12,15H,13-14H2. The van der Waals surface area contributed by atoms with Gasteiger partial charge in [-0.25, -0.2) is 4.98 Å². The van der Waals surface area contributed by atoms with Crippen LogP contribution in [0.3, 0.4) is 0 Å². The molecule has 5 rings (SSSR count). The van der Waals surface area contributed by atoms with Crippen molar-refractivity contribution >= 4 is 17.3 Å². The van der Waals surface area contributed by atoms with Crippen LogP contribution in [0.2, 0.25) is 5.02 Å². The van der Waals surface area contributed by atoms with Crippen LogP contribution in [0.1, 0.15) is 11.3 Å². The molecule has 5 heteroatoms. The molecule has 0 unspecified atom stereocenters. The molecule has 0 N–H and O–H groups in total. The summed E-state index contributed by atoms with van der Waals surface area (Å²) in [6, 6.07) is 23.6. The summed E-state index contributed by atoms with van der Waals surface area (Å²) < 4.78 is 11.9. The summed E-state index contributed by atoms with van der Waals surface area (Å²) in [5, 5.41) is 0.670. The fourth-order valence-electron chi connectivity index (χ4n) is 3.40. The molecule has 0 radical (unpaired) electrons. The lowest BCUT2D eigenvalue weighted by atomic mass is 10.2. The van der Waals surface area contributed by atoms with Crippen LogP contribution in [0.4, 0.5) is 5.69 Å². The zero-order valence-electron chi connectivity index (χ0n) is 15.0. The van der Waals surface area contributed by atoms with Crippen LogP contribution in [-0.2, 0) is 13.1 Å². The highest BCUT2D eigenvalue weighted by molar-refractivity contribution is 6.31. The fourth-order valence-corrected chi connectivity index (χ4v) is 3.56. The third kappa shape index (κ3) is 3.23. The van der Waals surface area contributed by atoms with Gasteiger partial charge in [0, 0.05) is 22.7 Å². The average Bonchev–Trinajstić information content (AvgIpc) is 3.13. The summed E-state index contributed by atoms with van der Waals surface area (Å²) >= 11 is 6.28. The first-order chi connectivity index (χ1) is 13.8. The number of hydrogen-bond acceptors (Lipinski definition) is 4. The van der Waals surface area contributed by atoms with E-state index in [1.54, 1.807) is 6.26 Å². The number of nitrogens with zero attached hydrogens (tertiary/aromatic N) is 2. The van der Waals surface area contributed by atoms with Gasteiger partial charge in [0.25, 0.3) is 0 Å². The van der Waals surface area contributed by atoms with Gasteiger partial charge >= 0.3 is 0 Å². The summed E-state index contributed by atoms with van der Waals surface area (Å²) in [6.07, 6.45) is 1.71. The van der Waals surface area contributed by atoms with Crippen molar-refractivity contribution in [3.8, 4) is 23.0 Å². The van der Waals surface area contributed by atoms with E-state index in [9.17, 15) is 0 Å². The van der Waals surface area contributed by atoms with E-state index in [0.29, 0.717) is 24.0 Å². The number of rotatable bonds is 3. The van der Waals surface area contributed by atoms with Gasteiger partial charge in [0.05, 0.1) is 17.9 Å². The molecule has 1 aliphatic heterocycles. The number of oxazole rings is 1. The molecule has 0 amide bonds. The molecule has 3 aromatic carbocycles. The van der Waals surface area contributed by atoms with Gasteiger partial charge < -0.3 is 14.1 Å². The Morgan fingerprint density at radius 3 is 2.64 bits per heavy atom. The molecule has 0 fully saturated rings. The molecule has 1 aliphatic rings. The van der Waals surface area contributed by atoms with Crippen molar-refractivity contribution in [1.29, 1.82) is 0 Å². The van der Waals surface area contributed by atoms with Gasteiger partial charge in [-0.1, -0.05) is 48.0 Å². The largest absolute Gasteiger partial charge is 0.455 e. The Hall–Kier alpha value is -3.24. The fraction of sp³-hybridized carbons (Fsp3) is 0.0870. The highest BCUT2D eigenvalue weighted by Gasteiger charge is 2.22. The van der Waals surface area contributed by atoms with Gasteiger partial charge in [0.1, 0.15) is 12.0 Å². The van der Waals surface area contributed by atoms with Crippen molar-refractivity contribution in [3.05, 3.63) is 95.3 Å². The maximum absolute atomic E-state index is 6.28. The molecule has 138 valence electrons. The minimum atomic E-state index is 0.585. The van der Waals surface area contributed by atoms with Crippen LogP contribution in [0.25, 0.3) is 11.5 Å². The van der Waals surface area contributed by atoms with Crippen LogP contribution in [0.15, 0.2) is 83.5 Å². The molecule has 28 heavy (non-hydrogen) atoms. The molecule has 0 bridgehead atoms. The smallest absolute Gasteiger partial charge is 0.226 e. The maximum atomic E-state index is 6.28. The Balaban J connectivity index is 1.50. The van der Waals surface area contributed by atoms with Crippen molar-refractivity contribution in [2.24, 2.45) is 0 Å². The highest BCUT2D eigenvalue weighted by atomic mass is 35.5. The normalized spacial score (nSPS) is 12.7. The first-order valence-electron chi connectivity index (χ1n) is 9.06. The van der Waals surface area contributed by atoms with E-state index in [1.807, 2.05) is 66.7 Å². The van der Waals surface area contributed by atoms with Gasteiger partial charge in [-0.3, -0.25) is 0 Å². The summed E-state index contributed by atoms with van der Waals surface area (Å²) in [5.74, 6) is 2.26. The molecule has 4 nitrogen and oxygen atoms in total. The van der Waals surface area contributed by atoms with Crippen molar-refractivity contribution in [1.82, 2.24) is 4.98 Å².